The number of rotatable bonds is 2. The summed E-state index contributed by atoms with van der Waals surface area (Å²) in [4.78, 5) is 1.37. The molecule has 0 fully saturated rings. The van der Waals surface area contributed by atoms with Gasteiger partial charge >= 0.3 is 0 Å². The standard InChI is InChI=1S/C11H11NS/c12-8-11-10(6-7-13-11)9-4-2-1-3-5-9/h1-7H,8,12H2/p+1. The lowest BCUT2D eigenvalue weighted by atomic mass is 10.1. The molecular weight excluding hydrogens is 178 g/mol. The van der Waals surface area contributed by atoms with Gasteiger partial charge in [-0.15, -0.1) is 11.3 Å². The average molecular weight is 190 g/mol. The molecule has 0 aliphatic heterocycles. The molecule has 0 saturated carbocycles. The van der Waals surface area contributed by atoms with E-state index < -0.39 is 0 Å². The molecule has 0 aliphatic rings. The van der Waals surface area contributed by atoms with Crippen LogP contribution in [0.5, 0.6) is 0 Å². The van der Waals surface area contributed by atoms with Gasteiger partial charge in [0.2, 0.25) is 0 Å². The molecule has 3 N–H and O–H groups in total. The van der Waals surface area contributed by atoms with Crippen molar-refractivity contribution in [3.63, 3.8) is 0 Å². The summed E-state index contributed by atoms with van der Waals surface area (Å²) in [6.45, 7) is 0.877. The quantitative estimate of drug-likeness (QED) is 0.751. The van der Waals surface area contributed by atoms with E-state index in [4.69, 9.17) is 0 Å². The maximum absolute atomic E-state index is 3.92. The SMILES string of the molecule is [NH3+]Cc1sccc1-c1ccccc1. The van der Waals surface area contributed by atoms with Crippen LogP contribution in [-0.2, 0) is 6.54 Å². The van der Waals surface area contributed by atoms with Crippen molar-refractivity contribution in [1.82, 2.24) is 0 Å². The van der Waals surface area contributed by atoms with Gasteiger partial charge in [0.15, 0.2) is 0 Å². The van der Waals surface area contributed by atoms with Crippen molar-refractivity contribution in [1.29, 1.82) is 0 Å². The summed E-state index contributed by atoms with van der Waals surface area (Å²) in [6, 6.07) is 12.6. The van der Waals surface area contributed by atoms with Gasteiger partial charge in [-0.3, -0.25) is 0 Å². The van der Waals surface area contributed by atoms with Crippen LogP contribution in [0.3, 0.4) is 0 Å². The molecule has 0 atom stereocenters. The third-order valence-corrected chi connectivity index (χ3v) is 3.04. The fourth-order valence-electron chi connectivity index (χ4n) is 1.41. The zero-order valence-electron chi connectivity index (χ0n) is 7.36. The fourth-order valence-corrected chi connectivity index (χ4v) is 2.21. The minimum atomic E-state index is 0.877. The van der Waals surface area contributed by atoms with E-state index in [1.165, 1.54) is 16.0 Å². The van der Waals surface area contributed by atoms with Crippen molar-refractivity contribution in [2.75, 3.05) is 0 Å². The summed E-state index contributed by atoms with van der Waals surface area (Å²) in [5, 5.41) is 2.13. The number of hydrogen-bond donors (Lipinski definition) is 1. The molecule has 1 nitrogen and oxygen atoms in total. The van der Waals surface area contributed by atoms with Crippen LogP contribution >= 0.6 is 11.3 Å². The molecule has 2 rings (SSSR count). The zero-order valence-corrected chi connectivity index (χ0v) is 8.18. The Morgan fingerprint density at radius 1 is 1.08 bits per heavy atom. The first-order valence-electron chi connectivity index (χ1n) is 4.33. The molecule has 0 amide bonds. The fraction of sp³-hybridized carbons (Fsp3) is 0.0909. The molecule has 2 heteroatoms. The topological polar surface area (TPSA) is 27.6 Å². The van der Waals surface area contributed by atoms with Crippen molar-refractivity contribution in [2.45, 2.75) is 6.54 Å². The molecule has 1 aromatic carbocycles. The van der Waals surface area contributed by atoms with E-state index in [9.17, 15) is 0 Å². The maximum Gasteiger partial charge on any atom is 0.110 e. The molecule has 13 heavy (non-hydrogen) atoms. The minimum Gasteiger partial charge on any atom is -0.353 e. The largest absolute Gasteiger partial charge is 0.353 e. The van der Waals surface area contributed by atoms with E-state index >= 15 is 0 Å². The number of thiophene rings is 1. The van der Waals surface area contributed by atoms with E-state index in [0.29, 0.717) is 0 Å². The zero-order chi connectivity index (χ0) is 9.10. The van der Waals surface area contributed by atoms with E-state index in [1.807, 2.05) is 6.07 Å². The lowest BCUT2D eigenvalue weighted by Crippen LogP contribution is -2.47. The predicted molar refractivity (Wildman–Crippen MR) is 56.3 cm³/mol. The Labute approximate surface area is 81.8 Å². The molecule has 0 radical (unpaired) electrons. The molecule has 2 aromatic rings. The number of benzene rings is 1. The second-order valence-electron chi connectivity index (χ2n) is 2.87. The van der Waals surface area contributed by atoms with Gasteiger partial charge in [-0.25, -0.2) is 0 Å². The summed E-state index contributed by atoms with van der Waals surface area (Å²) >= 11 is 1.78. The van der Waals surface area contributed by atoms with Crippen LogP contribution in [0.2, 0.25) is 0 Å². The van der Waals surface area contributed by atoms with Crippen molar-refractivity contribution in [3.8, 4) is 11.1 Å². The predicted octanol–water partition coefficient (Wildman–Crippen LogP) is 2.16. The Morgan fingerprint density at radius 3 is 2.54 bits per heavy atom. The molecule has 1 heterocycles. The van der Waals surface area contributed by atoms with E-state index in [0.717, 1.165) is 6.54 Å². The summed E-state index contributed by atoms with van der Waals surface area (Å²) < 4.78 is 0. The minimum absolute atomic E-state index is 0.877. The van der Waals surface area contributed by atoms with Crippen LogP contribution < -0.4 is 5.73 Å². The van der Waals surface area contributed by atoms with Gasteiger partial charge in [-0.1, -0.05) is 30.3 Å². The Balaban J connectivity index is 2.47. The smallest absolute Gasteiger partial charge is 0.110 e. The summed E-state index contributed by atoms with van der Waals surface area (Å²) in [7, 11) is 0. The normalized spacial score (nSPS) is 10.2. The van der Waals surface area contributed by atoms with Gasteiger partial charge in [-0.2, -0.15) is 0 Å². The third-order valence-electron chi connectivity index (χ3n) is 2.06. The van der Waals surface area contributed by atoms with Crippen molar-refractivity contribution >= 4 is 11.3 Å². The third kappa shape index (κ3) is 1.64. The van der Waals surface area contributed by atoms with Gasteiger partial charge in [0.1, 0.15) is 6.54 Å². The molecule has 0 saturated heterocycles. The van der Waals surface area contributed by atoms with Gasteiger partial charge < -0.3 is 5.73 Å². The highest BCUT2D eigenvalue weighted by Gasteiger charge is 2.04. The summed E-state index contributed by atoms with van der Waals surface area (Å²) in [5.41, 5.74) is 6.55. The second-order valence-corrected chi connectivity index (χ2v) is 3.87. The van der Waals surface area contributed by atoms with E-state index in [2.05, 4.69) is 41.4 Å². The Hall–Kier alpha value is -1.12. The molecule has 0 aliphatic carbocycles. The molecular formula is C11H12NS+. The number of hydrogen-bond acceptors (Lipinski definition) is 1. The van der Waals surface area contributed by atoms with Gasteiger partial charge in [-0.05, 0) is 17.0 Å². The highest BCUT2D eigenvalue weighted by Crippen LogP contribution is 2.27. The summed E-state index contributed by atoms with van der Waals surface area (Å²) in [5.74, 6) is 0. The van der Waals surface area contributed by atoms with Gasteiger partial charge in [0, 0.05) is 5.56 Å². The second kappa shape index (κ2) is 3.73. The average Bonchev–Trinajstić information content (AvgIpc) is 2.67. The van der Waals surface area contributed by atoms with Gasteiger partial charge in [0.25, 0.3) is 0 Å². The van der Waals surface area contributed by atoms with Crippen molar-refractivity contribution < 1.29 is 5.73 Å². The van der Waals surface area contributed by atoms with Crippen LogP contribution in [0.25, 0.3) is 11.1 Å². The molecule has 0 bridgehead atoms. The van der Waals surface area contributed by atoms with Crippen LogP contribution in [0.15, 0.2) is 41.8 Å². The van der Waals surface area contributed by atoms with E-state index in [-0.39, 0.29) is 0 Å². The lowest BCUT2D eigenvalue weighted by molar-refractivity contribution is -0.385. The molecule has 1 aromatic heterocycles. The van der Waals surface area contributed by atoms with Crippen LogP contribution in [-0.4, -0.2) is 0 Å². The first-order chi connectivity index (χ1) is 6.42. The number of quaternary nitrogens is 1. The highest BCUT2D eigenvalue weighted by molar-refractivity contribution is 7.10. The van der Waals surface area contributed by atoms with Crippen LogP contribution in [0.4, 0.5) is 0 Å². The lowest BCUT2D eigenvalue weighted by Gasteiger charge is -1.99. The van der Waals surface area contributed by atoms with Crippen LogP contribution in [0, 0.1) is 0 Å². The van der Waals surface area contributed by atoms with Crippen LogP contribution in [0.1, 0.15) is 4.88 Å². The molecule has 0 spiro atoms. The van der Waals surface area contributed by atoms with E-state index in [1.54, 1.807) is 11.3 Å². The van der Waals surface area contributed by atoms with Crippen molar-refractivity contribution in [2.24, 2.45) is 0 Å². The monoisotopic (exact) mass is 190 g/mol. The van der Waals surface area contributed by atoms with Crippen molar-refractivity contribution in [3.05, 3.63) is 46.7 Å². The van der Waals surface area contributed by atoms with Gasteiger partial charge in [0.05, 0.1) is 4.88 Å². The summed E-state index contributed by atoms with van der Waals surface area (Å²) in [6.07, 6.45) is 0. The Bertz CT molecular complexity index is 378. The molecule has 66 valence electrons. The highest BCUT2D eigenvalue weighted by atomic mass is 32.1. The first kappa shape index (κ1) is 8.48. The first-order valence-corrected chi connectivity index (χ1v) is 5.21. The maximum atomic E-state index is 3.92. The molecule has 0 unspecified atom stereocenters. The Kier molecular flexibility index (Phi) is 2.43. The Morgan fingerprint density at radius 2 is 1.85 bits per heavy atom.